The van der Waals surface area contributed by atoms with Crippen LogP contribution in [0.2, 0.25) is 0 Å². The quantitative estimate of drug-likeness (QED) is 0.799. The van der Waals surface area contributed by atoms with Gasteiger partial charge in [0, 0.05) is 19.5 Å². The first-order valence-electron chi connectivity index (χ1n) is 7.71. The van der Waals surface area contributed by atoms with Gasteiger partial charge in [0.05, 0.1) is 0 Å². The van der Waals surface area contributed by atoms with Crippen LogP contribution < -0.4 is 5.32 Å². The van der Waals surface area contributed by atoms with Crippen LogP contribution in [0.5, 0.6) is 0 Å². The Balaban J connectivity index is 2.67. The molecule has 0 radical (unpaired) electrons. The zero-order chi connectivity index (χ0) is 15.7. The van der Waals surface area contributed by atoms with Crippen molar-refractivity contribution < 1.29 is 9.59 Å². The topological polar surface area (TPSA) is 49.4 Å². The van der Waals surface area contributed by atoms with Gasteiger partial charge in [0.1, 0.15) is 6.04 Å². The van der Waals surface area contributed by atoms with Crippen LogP contribution in [0.25, 0.3) is 0 Å². The summed E-state index contributed by atoms with van der Waals surface area (Å²) >= 11 is 0. The van der Waals surface area contributed by atoms with Crippen LogP contribution in [-0.4, -0.2) is 35.8 Å². The van der Waals surface area contributed by atoms with E-state index in [1.54, 1.807) is 11.8 Å². The molecule has 0 aliphatic rings. The lowest BCUT2D eigenvalue weighted by Crippen LogP contribution is -2.48. The fourth-order valence-electron chi connectivity index (χ4n) is 2.17. The van der Waals surface area contributed by atoms with Gasteiger partial charge in [-0.1, -0.05) is 44.2 Å². The van der Waals surface area contributed by atoms with Crippen LogP contribution in [-0.2, 0) is 16.0 Å². The van der Waals surface area contributed by atoms with Crippen molar-refractivity contribution in [1.82, 2.24) is 10.2 Å². The summed E-state index contributed by atoms with van der Waals surface area (Å²) < 4.78 is 0. The lowest BCUT2D eigenvalue weighted by molar-refractivity contribution is -0.139. The van der Waals surface area contributed by atoms with Gasteiger partial charge in [0.15, 0.2) is 0 Å². The highest BCUT2D eigenvalue weighted by atomic mass is 16.2. The Hall–Kier alpha value is -1.84. The highest BCUT2D eigenvalue weighted by Crippen LogP contribution is 2.07. The Morgan fingerprint density at radius 2 is 1.86 bits per heavy atom. The Labute approximate surface area is 127 Å². The molecule has 0 heterocycles. The van der Waals surface area contributed by atoms with Gasteiger partial charge >= 0.3 is 0 Å². The molecular weight excluding hydrogens is 264 g/mol. The van der Waals surface area contributed by atoms with Crippen molar-refractivity contribution in [3.8, 4) is 0 Å². The molecule has 1 N–H and O–H groups in total. The van der Waals surface area contributed by atoms with Gasteiger partial charge in [0.2, 0.25) is 11.8 Å². The second-order valence-electron chi connectivity index (χ2n) is 5.14. The highest BCUT2D eigenvalue weighted by molar-refractivity contribution is 5.87. The number of carbonyl (C=O) groups excluding carboxylic acids is 2. The van der Waals surface area contributed by atoms with Crippen LogP contribution in [0.1, 0.15) is 39.2 Å². The molecule has 1 aromatic rings. The standard InChI is InChI=1S/C17H26N2O2/c1-4-12-18-17(21)14(3)19(16(20)5-2)13-11-15-9-7-6-8-10-15/h6-10,14H,4-5,11-13H2,1-3H3,(H,18,21). The Bertz CT molecular complexity index is 445. The zero-order valence-electron chi connectivity index (χ0n) is 13.3. The molecule has 0 saturated carbocycles. The number of benzene rings is 1. The van der Waals surface area contributed by atoms with Crippen molar-refractivity contribution in [3.05, 3.63) is 35.9 Å². The Morgan fingerprint density at radius 3 is 2.43 bits per heavy atom. The molecule has 1 unspecified atom stereocenters. The molecule has 0 aromatic heterocycles. The van der Waals surface area contributed by atoms with E-state index in [1.165, 1.54) is 5.56 Å². The minimum absolute atomic E-state index is 0.0186. The number of hydrogen-bond acceptors (Lipinski definition) is 2. The summed E-state index contributed by atoms with van der Waals surface area (Å²) in [5.41, 5.74) is 1.17. The maximum atomic E-state index is 12.1. The number of rotatable bonds is 8. The van der Waals surface area contributed by atoms with Crippen molar-refractivity contribution in [2.45, 2.75) is 46.1 Å². The Morgan fingerprint density at radius 1 is 1.19 bits per heavy atom. The average molecular weight is 290 g/mol. The van der Waals surface area contributed by atoms with Crippen LogP contribution in [0.3, 0.4) is 0 Å². The number of amides is 2. The molecule has 4 heteroatoms. The van der Waals surface area contributed by atoms with Gasteiger partial charge in [-0.2, -0.15) is 0 Å². The Kier molecular flexibility index (Phi) is 7.51. The van der Waals surface area contributed by atoms with Crippen molar-refractivity contribution in [2.24, 2.45) is 0 Å². The average Bonchev–Trinajstić information content (AvgIpc) is 2.53. The van der Waals surface area contributed by atoms with E-state index in [0.29, 0.717) is 19.5 Å². The molecule has 0 saturated heterocycles. The molecule has 21 heavy (non-hydrogen) atoms. The van der Waals surface area contributed by atoms with Crippen molar-refractivity contribution in [3.63, 3.8) is 0 Å². The van der Waals surface area contributed by atoms with Gasteiger partial charge in [0.25, 0.3) is 0 Å². The van der Waals surface area contributed by atoms with E-state index in [1.807, 2.05) is 44.2 Å². The van der Waals surface area contributed by atoms with E-state index < -0.39 is 6.04 Å². The largest absolute Gasteiger partial charge is 0.354 e. The second kappa shape index (κ2) is 9.16. The summed E-state index contributed by atoms with van der Waals surface area (Å²) in [5.74, 6) is -0.0585. The third kappa shape index (κ3) is 5.58. The first-order chi connectivity index (χ1) is 10.1. The number of hydrogen-bond donors (Lipinski definition) is 1. The molecule has 1 rings (SSSR count). The minimum Gasteiger partial charge on any atom is -0.354 e. The van der Waals surface area contributed by atoms with Crippen LogP contribution >= 0.6 is 0 Å². The van der Waals surface area contributed by atoms with Gasteiger partial charge in [-0.25, -0.2) is 0 Å². The van der Waals surface area contributed by atoms with Crippen LogP contribution in [0, 0.1) is 0 Å². The SMILES string of the molecule is CCCNC(=O)C(C)N(CCc1ccccc1)C(=O)CC. The first-order valence-corrected chi connectivity index (χ1v) is 7.71. The predicted molar refractivity (Wildman–Crippen MR) is 84.9 cm³/mol. The molecule has 1 aromatic carbocycles. The third-order valence-electron chi connectivity index (χ3n) is 3.50. The first kappa shape index (κ1) is 17.2. The maximum absolute atomic E-state index is 12.1. The van der Waals surface area contributed by atoms with Crippen LogP contribution in [0.4, 0.5) is 0 Å². The van der Waals surface area contributed by atoms with E-state index in [0.717, 1.165) is 12.8 Å². The van der Waals surface area contributed by atoms with E-state index >= 15 is 0 Å². The smallest absolute Gasteiger partial charge is 0.242 e. The molecule has 0 spiro atoms. The normalized spacial score (nSPS) is 11.8. The lowest BCUT2D eigenvalue weighted by atomic mass is 10.1. The van der Waals surface area contributed by atoms with Crippen molar-refractivity contribution in [2.75, 3.05) is 13.1 Å². The predicted octanol–water partition coefficient (Wildman–Crippen LogP) is 2.38. The molecule has 0 bridgehead atoms. The van der Waals surface area contributed by atoms with Crippen LogP contribution in [0.15, 0.2) is 30.3 Å². The monoisotopic (exact) mass is 290 g/mol. The molecule has 4 nitrogen and oxygen atoms in total. The third-order valence-corrected chi connectivity index (χ3v) is 3.50. The number of nitrogens with zero attached hydrogens (tertiary/aromatic N) is 1. The van der Waals surface area contributed by atoms with Gasteiger partial charge in [-0.05, 0) is 25.3 Å². The summed E-state index contributed by atoms with van der Waals surface area (Å²) in [4.78, 5) is 25.8. The molecule has 0 aliphatic heterocycles. The fourth-order valence-corrected chi connectivity index (χ4v) is 2.17. The van der Waals surface area contributed by atoms with E-state index in [9.17, 15) is 9.59 Å². The highest BCUT2D eigenvalue weighted by Gasteiger charge is 2.24. The molecule has 0 fully saturated rings. The summed E-state index contributed by atoms with van der Waals surface area (Å²) in [7, 11) is 0. The van der Waals surface area contributed by atoms with E-state index in [-0.39, 0.29) is 11.8 Å². The van der Waals surface area contributed by atoms with Gasteiger partial charge < -0.3 is 10.2 Å². The summed E-state index contributed by atoms with van der Waals surface area (Å²) in [6, 6.07) is 9.59. The van der Waals surface area contributed by atoms with Crippen molar-refractivity contribution >= 4 is 11.8 Å². The molecule has 0 aliphatic carbocycles. The van der Waals surface area contributed by atoms with E-state index in [4.69, 9.17) is 0 Å². The number of nitrogens with one attached hydrogen (secondary N) is 1. The summed E-state index contributed by atoms with van der Waals surface area (Å²) in [6.45, 7) is 6.85. The molecule has 1 atom stereocenters. The number of carbonyl (C=O) groups is 2. The van der Waals surface area contributed by atoms with E-state index in [2.05, 4.69) is 5.32 Å². The molecule has 116 valence electrons. The fraction of sp³-hybridized carbons (Fsp3) is 0.529. The van der Waals surface area contributed by atoms with Gasteiger partial charge in [-0.3, -0.25) is 9.59 Å². The van der Waals surface area contributed by atoms with Crippen molar-refractivity contribution in [1.29, 1.82) is 0 Å². The molecular formula is C17H26N2O2. The van der Waals surface area contributed by atoms with Gasteiger partial charge in [-0.15, -0.1) is 0 Å². The second-order valence-corrected chi connectivity index (χ2v) is 5.14. The lowest BCUT2D eigenvalue weighted by Gasteiger charge is -2.28. The maximum Gasteiger partial charge on any atom is 0.242 e. The summed E-state index contributed by atoms with van der Waals surface area (Å²) in [6.07, 6.45) is 2.07. The zero-order valence-corrected chi connectivity index (χ0v) is 13.3. The molecule has 2 amide bonds. The summed E-state index contributed by atoms with van der Waals surface area (Å²) in [5, 5.41) is 2.86. The minimum atomic E-state index is -0.423.